The average Bonchev–Trinajstić information content (AvgIpc) is 2.45. The number of amides is 1. The average molecular weight is 276 g/mol. The van der Waals surface area contributed by atoms with Gasteiger partial charge in [0.15, 0.2) is 0 Å². The van der Waals surface area contributed by atoms with Crippen LogP contribution in [0.3, 0.4) is 0 Å². The van der Waals surface area contributed by atoms with Gasteiger partial charge in [-0.3, -0.25) is 4.79 Å². The molecule has 4 nitrogen and oxygen atoms in total. The van der Waals surface area contributed by atoms with Gasteiger partial charge in [-0.25, -0.2) is 0 Å². The van der Waals surface area contributed by atoms with Crippen molar-refractivity contribution < 1.29 is 9.53 Å². The van der Waals surface area contributed by atoms with Gasteiger partial charge < -0.3 is 15.4 Å². The van der Waals surface area contributed by atoms with Crippen molar-refractivity contribution in [2.75, 3.05) is 19.7 Å². The van der Waals surface area contributed by atoms with Crippen LogP contribution in [-0.2, 0) is 16.0 Å². The lowest BCUT2D eigenvalue weighted by Gasteiger charge is -2.45. The highest BCUT2D eigenvalue weighted by molar-refractivity contribution is 5.77. The Morgan fingerprint density at radius 1 is 1.40 bits per heavy atom. The first-order chi connectivity index (χ1) is 9.53. The molecule has 20 heavy (non-hydrogen) atoms. The summed E-state index contributed by atoms with van der Waals surface area (Å²) in [5.74, 6) is 0.181. The van der Waals surface area contributed by atoms with Crippen molar-refractivity contribution in [3.8, 4) is 0 Å². The lowest BCUT2D eigenvalue weighted by Crippen LogP contribution is -2.59. The quantitative estimate of drug-likeness (QED) is 0.908. The molecule has 4 heteroatoms. The fourth-order valence-electron chi connectivity index (χ4n) is 2.52. The summed E-state index contributed by atoms with van der Waals surface area (Å²) in [5.41, 5.74) is 6.60. The fourth-order valence-corrected chi connectivity index (χ4v) is 2.52. The molecule has 1 fully saturated rings. The number of morpholine rings is 1. The van der Waals surface area contributed by atoms with Gasteiger partial charge in [0.25, 0.3) is 0 Å². The Hall–Kier alpha value is -1.39. The fraction of sp³-hybridized carbons (Fsp3) is 0.562. The van der Waals surface area contributed by atoms with Crippen molar-refractivity contribution in [3.63, 3.8) is 0 Å². The maximum absolute atomic E-state index is 12.5. The van der Waals surface area contributed by atoms with Crippen molar-refractivity contribution in [1.29, 1.82) is 0 Å². The van der Waals surface area contributed by atoms with Crippen LogP contribution in [0.15, 0.2) is 30.3 Å². The Kier molecular flexibility index (Phi) is 4.78. The van der Waals surface area contributed by atoms with Gasteiger partial charge in [-0.15, -0.1) is 0 Å². The summed E-state index contributed by atoms with van der Waals surface area (Å²) in [6.45, 7) is 5.68. The van der Waals surface area contributed by atoms with Gasteiger partial charge in [0.2, 0.25) is 5.91 Å². The van der Waals surface area contributed by atoms with Crippen LogP contribution < -0.4 is 5.73 Å². The second-order valence-electron chi connectivity index (χ2n) is 5.97. The Morgan fingerprint density at radius 3 is 2.75 bits per heavy atom. The van der Waals surface area contributed by atoms with Gasteiger partial charge in [0, 0.05) is 19.5 Å². The molecular formula is C16H24N2O2. The maximum atomic E-state index is 12.5. The third-order valence-electron chi connectivity index (χ3n) is 3.82. The first kappa shape index (κ1) is 15.0. The molecule has 0 aromatic heterocycles. The molecular weight excluding hydrogens is 252 g/mol. The highest BCUT2D eigenvalue weighted by atomic mass is 16.5. The number of nitrogens with zero attached hydrogens (tertiary/aromatic N) is 1. The summed E-state index contributed by atoms with van der Waals surface area (Å²) in [6, 6.07) is 10.1. The van der Waals surface area contributed by atoms with Gasteiger partial charge >= 0.3 is 0 Å². The van der Waals surface area contributed by atoms with E-state index in [1.807, 2.05) is 36.9 Å². The molecule has 1 aliphatic heterocycles. The van der Waals surface area contributed by atoms with Crippen LogP contribution in [0.25, 0.3) is 0 Å². The van der Waals surface area contributed by atoms with E-state index in [0.717, 1.165) is 6.42 Å². The molecule has 0 radical (unpaired) electrons. The van der Waals surface area contributed by atoms with E-state index in [-0.39, 0.29) is 17.6 Å². The van der Waals surface area contributed by atoms with Crippen LogP contribution in [0, 0.1) is 0 Å². The van der Waals surface area contributed by atoms with E-state index in [4.69, 9.17) is 10.5 Å². The summed E-state index contributed by atoms with van der Waals surface area (Å²) in [5, 5.41) is 0. The minimum Gasteiger partial charge on any atom is -0.373 e. The minimum absolute atomic E-state index is 0.0382. The monoisotopic (exact) mass is 276 g/mol. The number of rotatable bonds is 4. The summed E-state index contributed by atoms with van der Waals surface area (Å²) in [7, 11) is 0. The van der Waals surface area contributed by atoms with E-state index in [9.17, 15) is 4.79 Å². The van der Waals surface area contributed by atoms with Gasteiger partial charge in [-0.1, -0.05) is 30.3 Å². The molecule has 2 N–H and O–H groups in total. The van der Waals surface area contributed by atoms with Crippen LogP contribution in [0.2, 0.25) is 0 Å². The molecule has 1 aromatic rings. The molecule has 0 saturated carbocycles. The molecule has 110 valence electrons. The van der Waals surface area contributed by atoms with E-state index in [1.54, 1.807) is 0 Å². The van der Waals surface area contributed by atoms with Crippen molar-refractivity contribution in [1.82, 2.24) is 4.90 Å². The predicted octanol–water partition coefficient (Wildman–Crippen LogP) is 1.58. The van der Waals surface area contributed by atoms with Gasteiger partial charge in [0.1, 0.15) is 0 Å². The molecule has 0 spiro atoms. The summed E-state index contributed by atoms with van der Waals surface area (Å²) in [4.78, 5) is 14.4. The number of nitrogens with two attached hydrogens (primary N) is 1. The molecule has 0 aliphatic carbocycles. The van der Waals surface area contributed by atoms with Gasteiger partial charge in [0.05, 0.1) is 18.2 Å². The van der Waals surface area contributed by atoms with Crippen LogP contribution in [-0.4, -0.2) is 42.1 Å². The Bertz CT molecular complexity index is 445. The minimum atomic E-state index is -0.251. The van der Waals surface area contributed by atoms with Crippen molar-refractivity contribution in [2.45, 2.75) is 38.3 Å². The maximum Gasteiger partial charge on any atom is 0.223 e. The number of carbonyl (C=O) groups is 1. The number of ether oxygens (including phenoxy) is 1. The van der Waals surface area contributed by atoms with E-state index < -0.39 is 0 Å². The van der Waals surface area contributed by atoms with E-state index in [1.165, 1.54) is 5.56 Å². The number of hydrogen-bond donors (Lipinski definition) is 1. The first-order valence-electron chi connectivity index (χ1n) is 7.19. The van der Waals surface area contributed by atoms with Crippen LogP contribution >= 0.6 is 0 Å². The lowest BCUT2D eigenvalue weighted by atomic mass is 9.99. The number of benzene rings is 1. The smallest absolute Gasteiger partial charge is 0.223 e. The molecule has 1 atom stereocenters. The van der Waals surface area contributed by atoms with Crippen LogP contribution in [0.5, 0.6) is 0 Å². The van der Waals surface area contributed by atoms with Crippen LogP contribution in [0.1, 0.15) is 25.8 Å². The number of hydrogen-bond acceptors (Lipinski definition) is 3. The highest BCUT2D eigenvalue weighted by Gasteiger charge is 2.37. The third-order valence-corrected chi connectivity index (χ3v) is 3.82. The molecule has 0 bridgehead atoms. The molecule has 1 unspecified atom stereocenters. The standard InChI is InChI=1S/C16H24N2O2/c1-16(2)12-20-14(10-17)11-18(16)15(19)9-8-13-6-4-3-5-7-13/h3-7,14H,8-12,17H2,1-2H3. The summed E-state index contributed by atoms with van der Waals surface area (Å²) >= 11 is 0. The first-order valence-corrected chi connectivity index (χ1v) is 7.19. The second-order valence-corrected chi connectivity index (χ2v) is 5.97. The van der Waals surface area contributed by atoms with Crippen molar-refractivity contribution >= 4 is 5.91 Å². The zero-order valence-electron chi connectivity index (χ0n) is 12.3. The third kappa shape index (κ3) is 3.58. The molecule has 2 rings (SSSR count). The second kappa shape index (κ2) is 6.37. The SMILES string of the molecule is CC1(C)COC(CN)CN1C(=O)CCc1ccccc1. The van der Waals surface area contributed by atoms with Crippen molar-refractivity contribution in [2.24, 2.45) is 5.73 Å². The molecule has 1 heterocycles. The molecule has 1 saturated heterocycles. The van der Waals surface area contributed by atoms with Gasteiger partial charge in [-0.05, 0) is 25.8 Å². The predicted molar refractivity (Wildman–Crippen MR) is 79.3 cm³/mol. The molecule has 1 amide bonds. The van der Waals surface area contributed by atoms with Gasteiger partial charge in [-0.2, -0.15) is 0 Å². The number of carbonyl (C=O) groups excluding carboxylic acids is 1. The topological polar surface area (TPSA) is 55.6 Å². The number of aryl methyl sites for hydroxylation is 1. The Balaban J connectivity index is 1.96. The summed E-state index contributed by atoms with van der Waals surface area (Å²) < 4.78 is 5.67. The Morgan fingerprint density at radius 2 is 2.10 bits per heavy atom. The molecule has 1 aromatic carbocycles. The lowest BCUT2D eigenvalue weighted by molar-refractivity contribution is -0.153. The van der Waals surface area contributed by atoms with Crippen LogP contribution in [0.4, 0.5) is 0 Å². The normalized spacial score (nSPS) is 21.8. The zero-order chi connectivity index (χ0) is 14.6. The summed E-state index contributed by atoms with van der Waals surface area (Å²) in [6.07, 6.45) is 1.27. The van der Waals surface area contributed by atoms with E-state index in [2.05, 4.69) is 12.1 Å². The van der Waals surface area contributed by atoms with Crippen molar-refractivity contribution in [3.05, 3.63) is 35.9 Å². The van der Waals surface area contributed by atoms with E-state index in [0.29, 0.717) is 26.1 Å². The Labute approximate surface area is 120 Å². The van der Waals surface area contributed by atoms with E-state index >= 15 is 0 Å². The zero-order valence-corrected chi connectivity index (χ0v) is 12.3. The molecule has 1 aliphatic rings. The largest absolute Gasteiger partial charge is 0.373 e. The highest BCUT2D eigenvalue weighted by Crippen LogP contribution is 2.23.